The molecule has 0 saturated heterocycles. The summed E-state index contributed by atoms with van der Waals surface area (Å²) in [5.74, 6) is 0.460. The summed E-state index contributed by atoms with van der Waals surface area (Å²) in [5, 5.41) is 2.95. The number of nitrogens with zero attached hydrogens (tertiary/aromatic N) is 1. The van der Waals surface area contributed by atoms with Crippen molar-refractivity contribution in [2.75, 3.05) is 13.2 Å². The van der Waals surface area contributed by atoms with Gasteiger partial charge in [-0.2, -0.15) is 0 Å². The maximum atomic E-state index is 12.3. The molecule has 1 N–H and O–H groups in total. The fourth-order valence-electron chi connectivity index (χ4n) is 2.65. The Morgan fingerprint density at radius 1 is 1.07 bits per heavy atom. The van der Waals surface area contributed by atoms with Crippen molar-refractivity contribution < 1.29 is 19.1 Å². The van der Waals surface area contributed by atoms with Crippen molar-refractivity contribution in [2.24, 2.45) is 0 Å². The number of ether oxygens (including phenoxy) is 2. The topological polar surface area (TPSA) is 77.5 Å². The number of hydrogen-bond acceptors (Lipinski definition) is 5. The minimum Gasteiger partial charge on any atom is -0.480 e. The summed E-state index contributed by atoms with van der Waals surface area (Å²) in [7, 11) is 0. The highest BCUT2D eigenvalue weighted by atomic mass is 16.6. The highest BCUT2D eigenvalue weighted by molar-refractivity contribution is 5.79. The first-order valence-corrected chi connectivity index (χ1v) is 9.51. The number of esters is 1. The van der Waals surface area contributed by atoms with Gasteiger partial charge in [0, 0.05) is 0 Å². The molecule has 6 heteroatoms. The van der Waals surface area contributed by atoms with Crippen molar-refractivity contribution in [3.05, 3.63) is 59.4 Å². The standard InChI is InChI=1S/C22H28N2O4/c1-5-27-22(26)14-28-19-10-11-20(23-13-19)16(4)24-21(25)12-17-6-8-18(9-7-17)15(2)3/h6-11,13,15-16H,5,12,14H2,1-4H3,(H,24,25)/t16-/m1/s1. The zero-order chi connectivity index (χ0) is 20.5. The van der Waals surface area contributed by atoms with Crippen LogP contribution in [0.4, 0.5) is 0 Å². The van der Waals surface area contributed by atoms with Crippen LogP contribution >= 0.6 is 0 Å². The Hall–Kier alpha value is -2.89. The normalized spacial score (nSPS) is 11.8. The summed E-state index contributed by atoms with van der Waals surface area (Å²) in [6, 6.07) is 11.4. The van der Waals surface area contributed by atoms with Gasteiger partial charge >= 0.3 is 5.97 Å². The van der Waals surface area contributed by atoms with E-state index in [1.165, 1.54) is 11.8 Å². The molecule has 0 unspecified atom stereocenters. The molecular weight excluding hydrogens is 356 g/mol. The number of rotatable bonds is 9. The first kappa shape index (κ1) is 21.4. The molecule has 0 fully saturated rings. The van der Waals surface area contributed by atoms with Crippen LogP contribution in [0, 0.1) is 0 Å². The third-order valence-electron chi connectivity index (χ3n) is 4.25. The van der Waals surface area contributed by atoms with E-state index in [2.05, 4.69) is 36.3 Å². The minimum atomic E-state index is -0.423. The number of nitrogens with one attached hydrogen (secondary N) is 1. The van der Waals surface area contributed by atoms with Gasteiger partial charge in [0.05, 0.1) is 31.0 Å². The Kier molecular flexibility index (Phi) is 7.99. The van der Waals surface area contributed by atoms with Gasteiger partial charge in [-0.3, -0.25) is 9.78 Å². The Bertz CT molecular complexity index is 770. The van der Waals surface area contributed by atoms with Crippen LogP contribution in [0.3, 0.4) is 0 Å². The van der Waals surface area contributed by atoms with Crippen molar-refractivity contribution in [1.82, 2.24) is 10.3 Å². The number of carbonyl (C=O) groups excluding carboxylic acids is 2. The molecule has 0 aliphatic heterocycles. The monoisotopic (exact) mass is 384 g/mol. The van der Waals surface area contributed by atoms with Gasteiger partial charge in [0.2, 0.25) is 5.91 Å². The smallest absolute Gasteiger partial charge is 0.344 e. The van der Waals surface area contributed by atoms with Gasteiger partial charge in [-0.25, -0.2) is 4.79 Å². The van der Waals surface area contributed by atoms with Crippen LogP contribution in [-0.2, 0) is 20.7 Å². The second kappa shape index (κ2) is 10.4. The molecule has 2 aromatic rings. The Balaban J connectivity index is 1.85. The van der Waals surface area contributed by atoms with Gasteiger partial charge in [0.1, 0.15) is 5.75 Å². The van der Waals surface area contributed by atoms with Gasteiger partial charge in [0.25, 0.3) is 0 Å². The first-order chi connectivity index (χ1) is 13.4. The summed E-state index contributed by atoms with van der Waals surface area (Å²) < 4.78 is 10.1. The molecule has 28 heavy (non-hydrogen) atoms. The van der Waals surface area contributed by atoms with Gasteiger partial charge < -0.3 is 14.8 Å². The summed E-state index contributed by atoms with van der Waals surface area (Å²) >= 11 is 0. The van der Waals surface area contributed by atoms with Gasteiger partial charge in [-0.1, -0.05) is 38.1 Å². The summed E-state index contributed by atoms with van der Waals surface area (Å²) in [4.78, 5) is 27.9. The van der Waals surface area contributed by atoms with E-state index < -0.39 is 5.97 Å². The van der Waals surface area contributed by atoms with Gasteiger partial charge in [0.15, 0.2) is 6.61 Å². The van der Waals surface area contributed by atoms with Crippen molar-refractivity contribution in [2.45, 2.75) is 46.1 Å². The fourth-order valence-corrected chi connectivity index (χ4v) is 2.65. The molecule has 0 radical (unpaired) electrons. The Morgan fingerprint density at radius 3 is 2.36 bits per heavy atom. The highest BCUT2D eigenvalue weighted by Gasteiger charge is 2.12. The van der Waals surface area contributed by atoms with E-state index in [0.29, 0.717) is 30.4 Å². The summed E-state index contributed by atoms with van der Waals surface area (Å²) in [6.07, 6.45) is 1.85. The zero-order valence-corrected chi connectivity index (χ0v) is 16.9. The average molecular weight is 384 g/mol. The number of benzene rings is 1. The molecule has 0 saturated carbocycles. The zero-order valence-electron chi connectivity index (χ0n) is 16.9. The first-order valence-electron chi connectivity index (χ1n) is 9.51. The lowest BCUT2D eigenvalue weighted by Crippen LogP contribution is -2.28. The number of carbonyl (C=O) groups is 2. The third-order valence-corrected chi connectivity index (χ3v) is 4.25. The van der Waals surface area contributed by atoms with Crippen LogP contribution in [-0.4, -0.2) is 30.1 Å². The largest absolute Gasteiger partial charge is 0.480 e. The second-order valence-corrected chi connectivity index (χ2v) is 6.87. The van der Waals surface area contributed by atoms with Crippen LogP contribution in [0.2, 0.25) is 0 Å². The van der Waals surface area contributed by atoms with E-state index in [1.54, 1.807) is 19.1 Å². The van der Waals surface area contributed by atoms with Crippen molar-refractivity contribution in [3.8, 4) is 5.75 Å². The van der Waals surface area contributed by atoms with E-state index in [4.69, 9.17) is 9.47 Å². The van der Waals surface area contributed by atoms with E-state index in [-0.39, 0.29) is 18.6 Å². The molecular formula is C22H28N2O4. The van der Waals surface area contributed by atoms with Crippen LogP contribution < -0.4 is 10.1 Å². The lowest BCUT2D eigenvalue weighted by atomic mass is 10.0. The predicted molar refractivity (Wildman–Crippen MR) is 107 cm³/mol. The van der Waals surface area contributed by atoms with Crippen LogP contribution in [0.1, 0.15) is 56.5 Å². The molecule has 2 rings (SSSR count). The Morgan fingerprint density at radius 2 is 1.79 bits per heavy atom. The highest BCUT2D eigenvalue weighted by Crippen LogP contribution is 2.16. The van der Waals surface area contributed by atoms with Crippen molar-refractivity contribution >= 4 is 11.9 Å². The number of aromatic nitrogens is 1. The summed E-state index contributed by atoms with van der Waals surface area (Å²) in [6.45, 7) is 8.06. The lowest BCUT2D eigenvalue weighted by Gasteiger charge is -2.14. The van der Waals surface area contributed by atoms with E-state index in [0.717, 1.165) is 5.56 Å². The van der Waals surface area contributed by atoms with Gasteiger partial charge in [-0.05, 0) is 43.0 Å². The average Bonchev–Trinajstić information content (AvgIpc) is 2.67. The fraction of sp³-hybridized carbons (Fsp3) is 0.409. The quantitative estimate of drug-likeness (QED) is 0.669. The molecule has 1 heterocycles. The van der Waals surface area contributed by atoms with Crippen LogP contribution in [0.5, 0.6) is 5.75 Å². The molecule has 6 nitrogen and oxygen atoms in total. The molecule has 0 bridgehead atoms. The van der Waals surface area contributed by atoms with E-state index >= 15 is 0 Å². The molecule has 0 aliphatic rings. The second-order valence-electron chi connectivity index (χ2n) is 6.87. The van der Waals surface area contributed by atoms with Crippen molar-refractivity contribution in [1.29, 1.82) is 0 Å². The molecule has 0 spiro atoms. The van der Waals surface area contributed by atoms with Gasteiger partial charge in [-0.15, -0.1) is 0 Å². The lowest BCUT2D eigenvalue weighted by molar-refractivity contribution is -0.145. The van der Waals surface area contributed by atoms with E-state index in [1.807, 2.05) is 19.1 Å². The van der Waals surface area contributed by atoms with Crippen LogP contribution in [0.25, 0.3) is 0 Å². The van der Waals surface area contributed by atoms with E-state index in [9.17, 15) is 9.59 Å². The Labute approximate surface area is 166 Å². The predicted octanol–water partition coefficient (Wildman–Crippen LogP) is 3.57. The molecule has 0 aliphatic carbocycles. The number of amides is 1. The minimum absolute atomic E-state index is 0.0609. The number of pyridine rings is 1. The van der Waals surface area contributed by atoms with Crippen molar-refractivity contribution in [3.63, 3.8) is 0 Å². The molecule has 1 aromatic carbocycles. The molecule has 150 valence electrons. The van der Waals surface area contributed by atoms with Crippen LogP contribution in [0.15, 0.2) is 42.6 Å². The maximum Gasteiger partial charge on any atom is 0.344 e. The third kappa shape index (κ3) is 6.68. The summed E-state index contributed by atoms with van der Waals surface area (Å²) in [5.41, 5.74) is 2.95. The molecule has 1 aromatic heterocycles. The maximum absolute atomic E-state index is 12.3. The molecule has 1 atom stereocenters. The number of hydrogen-bond donors (Lipinski definition) is 1. The SMILES string of the molecule is CCOC(=O)COc1ccc([C@@H](C)NC(=O)Cc2ccc(C(C)C)cc2)nc1. The molecule has 1 amide bonds.